The van der Waals surface area contributed by atoms with Crippen LogP contribution in [0.15, 0.2) is 51.7 Å². The maximum absolute atomic E-state index is 12.2. The number of ether oxygens (including phenoxy) is 2. The number of benzene rings is 2. The zero-order valence-electron chi connectivity index (χ0n) is 17.1. The molecule has 1 aliphatic heterocycles. The molecule has 0 radical (unpaired) electrons. The van der Waals surface area contributed by atoms with Crippen molar-refractivity contribution in [2.75, 3.05) is 20.4 Å². The summed E-state index contributed by atoms with van der Waals surface area (Å²) in [7, 11) is 1.68. The van der Waals surface area contributed by atoms with Gasteiger partial charge in [0.1, 0.15) is 18.0 Å². The van der Waals surface area contributed by atoms with Gasteiger partial charge in [-0.1, -0.05) is 25.5 Å². The minimum Gasteiger partial charge on any atom is -0.497 e. The average Bonchev–Trinajstić information content (AvgIpc) is 2.76. The van der Waals surface area contributed by atoms with Crippen molar-refractivity contribution in [3.8, 4) is 11.5 Å². The van der Waals surface area contributed by atoms with Crippen molar-refractivity contribution in [3.63, 3.8) is 0 Å². The van der Waals surface area contributed by atoms with Gasteiger partial charge in [-0.2, -0.15) is 0 Å². The Labute approximate surface area is 170 Å². The number of nitrogens with one attached hydrogen (secondary N) is 1. The van der Waals surface area contributed by atoms with E-state index in [0.29, 0.717) is 12.3 Å². The van der Waals surface area contributed by atoms with Crippen LogP contribution in [-0.2, 0) is 19.4 Å². The maximum atomic E-state index is 12.2. The molecule has 4 rings (SSSR count). The normalized spacial score (nSPS) is 15.7. The molecule has 1 aromatic heterocycles. The Bertz CT molecular complexity index is 1040. The molecular formula is C24H28NO4+. The quantitative estimate of drug-likeness (QED) is 0.626. The second kappa shape index (κ2) is 8.70. The number of methoxy groups -OCH3 is 1. The Balaban J connectivity index is 1.55. The first kappa shape index (κ1) is 19.5. The van der Waals surface area contributed by atoms with Crippen LogP contribution in [0.5, 0.6) is 11.5 Å². The molecule has 1 atom stereocenters. The lowest BCUT2D eigenvalue weighted by Gasteiger charge is -2.26. The van der Waals surface area contributed by atoms with Gasteiger partial charge in [-0.3, -0.25) is 4.90 Å². The van der Waals surface area contributed by atoms with Crippen LogP contribution >= 0.6 is 0 Å². The molecule has 0 bridgehead atoms. The summed E-state index contributed by atoms with van der Waals surface area (Å²) in [5.74, 6) is 1.71. The molecular weight excluding hydrogens is 366 g/mol. The van der Waals surface area contributed by atoms with Crippen LogP contribution in [0.2, 0.25) is 0 Å². The average molecular weight is 394 g/mol. The highest BCUT2D eigenvalue weighted by Crippen LogP contribution is 2.30. The molecule has 0 spiro atoms. The Morgan fingerprint density at radius 2 is 1.93 bits per heavy atom. The molecule has 2 heterocycles. The molecule has 2 aromatic carbocycles. The Hall–Kier alpha value is -2.79. The van der Waals surface area contributed by atoms with Gasteiger partial charge < -0.3 is 13.9 Å². The van der Waals surface area contributed by atoms with E-state index in [-0.39, 0.29) is 5.63 Å². The van der Waals surface area contributed by atoms with E-state index in [2.05, 4.69) is 19.1 Å². The highest BCUT2D eigenvalue weighted by atomic mass is 16.5. The smallest absolute Gasteiger partial charge is 0.336 e. The number of quaternary nitrogens is 1. The molecule has 0 aliphatic carbocycles. The third-order valence-corrected chi connectivity index (χ3v) is 5.64. The van der Waals surface area contributed by atoms with E-state index >= 15 is 0 Å². The highest BCUT2D eigenvalue weighted by Gasteiger charge is 2.24. The predicted octanol–water partition coefficient (Wildman–Crippen LogP) is 3.12. The molecule has 1 aliphatic rings. The van der Waals surface area contributed by atoms with Crippen molar-refractivity contribution in [3.05, 3.63) is 69.6 Å². The van der Waals surface area contributed by atoms with Crippen LogP contribution in [0, 0.1) is 0 Å². The number of fused-ring (bicyclic) bond motifs is 3. The van der Waals surface area contributed by atoms with E-state index in [1.807, 2.05) is 24.3 Å². The zero-order valence-corrected chi connectivity index (χ0v) is 17.1. The fraction of sp³-hybridized carbons (Fsp3) is 0.375. The van der Waals surface area contributed by atoms with Crippen LogP contribution in [0.4, 0.5) is 0 Å². The standard InChI is InChI=1S/C24H27NO4/c1-3-4-5-18-14-23(26)29-24-20(18)10-11-22-21(24)15-25(16-28-22)13-12-17-6-8-19(27-2)9-7-17/h6-11,14H,3-5,12-13,15-16H2,1-2H3/p+1. The van der Waals surface area contributed by atoms with Gasteiger partial charge in [0.15, 0.2) is 5.58 Å². The van der Waals surface area contributed by atoms with Crippen molar-refractivity contribution in [2.45, 2.75) is 39.2 Å². The van der Waals surface area contributed by atoms with Crippen LogP contribution in [0.25, 0.3) is 11.0 Å². The van der Waals surface area contributed by atoms with Gasteiger partial charge in [0.05, 0.1) is 19.2 Å². The summed E-state index contributed by atoms with van der Waals surface area (Å²) in [6.45, 7) is 4.52. The highest BCUT2D eigenvalue weighted by molar-refractivity contribution is 5.85. The third kappa shape index (κ3) is 4.30. The van der Waals surface area contributed by atoms with Gasteiger partial charge in [-0.15, -0.1) is 0 Å². The first-order valence-corrected chi connectivity index (χ1v) is 10.4. The number of aryl methyl sites for hydroxylation is 1. The van der Waals surface area contributed by atoms with Crippen molar-refractivity contribution in [2.24, 2.45) is 0 Å². The lowest BCUT2D eigenvalue weighted by atomic mass is 10.0. The Morgan fingerprint density at radius 3 is 2.69 bits per heavy atom. The summed E-state index contributed by atoms with van der Waals surface area (Å²) in [4.78, 5) is 13.5. The molecule has 0 saturated heterocycles. The molecule has 5 nitrogen and oxygen atoms in total. The van der Waals surface area contributed by atoms with Gasteiger partial charge in [0.2, 0.25) is 6.73 Å². The second-order valence-corrected chi connectivity index (χ2v) is 7.68. The summed E-state index contributed by atoms with van der Waals surface area (Å²) < 4.78 is 16.9. The summed E-state index contributed by atoms with van der Waals surface area (Å²) in [6, 6.07) is 13.9. The number of hydrogen-bond donors (Lipinski definition) is 1. The van der Waals surface area contributed by atoms with Gasteiger partial charge >= 0.3 is 5.63 Å². The molecule has 3 aromatic rings. The summed E-state index contributed by atoms with van der Waals surface area (Å²) in [5.41, 5.74) is 3.78. The maximum Gasteiger partial charge on any atom is 0.336 e. The molecule has 5 heteroatoms. The van der Waals surface area contributed by atoms with E-state index in [0.717, 1.165) is 66.8 Å². The predicted molar refractivity (Wildman–Crippen MR) is 113 cm³/mol. The van der Waals surface area contributed by atoms with E-state index in [1.165, 1.54) is 10.5 Å². The van der Waals surface area contributed by atoms with Crippen molar-refractivity contribution < 1.29 is 18.8 Å². The van der Waals surface area contributed by atoms with Gasteiger partial charge in [-0.25, -0.2) is 4.79 Å². The minimum absolute atomic E-state index is 0.276. The summed E-state index contributed by atoms with van der Waals surface area (Å²) >= 11 is 0. The number of hydrogen-bond acceptors (Lipinski definition) is 4. The van der Waals surface area contributed by atoms with Crippen molar-refractivity contribution >= 4 is 11.0 Å². The van der Waals surface area contributed by atoms with Crippen LogP contribution < -0.4 is 20.0 Å². The number of unbranched alkanes of at least 4 members (excludes halogenated alkanes) is 1. The minimum atomic E-state index is -0.276. The van der Waals surface area contributed by atoms with Crippen molar-refractivity contribution in [1.82, 2.24) is 0 Å². The fourth-order valence-corrected chi connectivity index (χ4v) is 3.96. The van der Waals surface area contributed by atoms with Crippen LogP contribution in [-0.4, -0.2) is 20.4 Å². The fourth-order valence-electron chi connectivity index (χ4n) is 3.96. The third-order valence-electron chi connectivity index (χ3n) is 5.64. The van der Waals surface area contributed by atoms with Gasteiger partial charge in [0, 0.05) is 17.9 Å². The van der Waals surface area contributed by atoms with E-state index in [9.17, 15) is 4.79 Å². The lowest BCUT2D eigenvalue weighted by Crippen LogP contribution is -3.12. The summed E-state index contributed by atoms with van der Waals surface area (Å²) in [6.07, 6.45) is 4.01. The van der Waals surface area contributed by atoms with Gasteiger partial charge in [-0.05, 0) is 48.2 Å². The van der Waals surface area contributed by atoms with Crippen LogP contribution in [0.1, 0.15) is 36.5 Å². The number of rotatable bonds is 7. The van der Waals surface area contributed by atoms with E-state index in [4.69, 9.17) is 13.9 Å². The van der Waals surface area contributed by atoms with Gasteiger partial charge in [0.25, 0.3) is 0 Å². The molecule has 29 heavy (non-hydrogen) atoms. The summed E-state index contributed by atoms with van der Waals surface area (Å²) in [5, 5.41) is 1.04. The Morgan fingerprint density at radius 1 is 1.10 bits per heavy atom. The SMILES string of the molecule is CCCCc1cc(=O)oc2c3c(ccc12)OC[NH+](CCc1ccc(OC)cc1)C3. The second-order valence-electron chi connectivity index (χ2n) is 7.68. The molecule has 0 fully saturated rings. The van der Waals surface area contributed by atoms with Crippen LogP contribution in [0.3, 0.4) is 0 Å². The monoisotopic (exact) mass is 394 g/mol. The van der Waals surface area contributed by atoms with E-state index in [1.54, 1.807) is 13.2 Å². The van der Waals surface area contributed by atoms with Crippen molar-refractivity contribution in [1.29, 1.82) is 0 Å². The Kier molecular flexibility index (Phi) is 5.86. The first-order chi connectivity index (χ1) is 14.2. The topological polar surface area (TPSA) is 53.1 Å². The molecule has 0 amide bonds. The zero-order chi connectivity index (χ0) is 20.2. The molecule has 1 unspecified atom stereocenters. The van der Waals surface area contributed by atoms with E-state index < -0.39 is 0 Å². The lowest BCUT2D eigenvalue weighted by molar-refractivity contribution is -0.932. The largest absolute Gasteiger partial charge is 0.497 e. The molecule has 0 saturated carbocycles. The molecule has 1 N–H and O–H groups in total. The first-order valence-electron chi connectivity index (χ1n) is 10.4. The molecule has 152 valence electrons.